The fourth-order valence-electron chi connectivity index (χ4n) is 0.552. The number of hydrogen-bond donors (Lipinski definition) is 0. The molecule has 0 aromatic rings. The van der Waals surface area contributed by atoms with Crippen molar-refractivity contribution in [1.82, 2.24) is 0 Å². The third kappa shape index (κ3) is 1.97. The predicted octanol–water partition coefficient (Wildman–Crippen LogP) is 2.85. The van der Waals surface area contributed by atoms with Crippen molar-refractivity contribution in [1.29, 1.82) is 0 Å². The molecule has 8 heteroatoms. The summed E-state index contributed by atoms with van der Waals surface area (Å²) in [6, 6.07) is 0. The summed E-state index contributed by atoms with van der Waals surface area (Å²) in [6.45, 7) is 1.47. The van der Waals surface area contributed by atoms with E-state index in [-0.39, 0.29) is 0 Å². The van der Waals surface area contributed by atoms with Gasteiger partial charge in [-0.25, -0.2) is 8.78 Å². The second-order valence-corrected chi connectivity index (χ2v) is 5.88. The third-order valence-corrected chi connectivity index (χ3v) is 3.31. The molecule has 0 saturated carbocycles. The molecule has 0 heterocycles. The zero-order valence-corrected chi connectivity index (χ0v) is 7.88. The summed E-state index contributed by atoms with van der Waals surface area (Å²) >= 11 is 0. The summed E-state index contributed by atoms with van der Waals surface area (Å²) in [4.78, 5) is 0. The molecular weight excluding hydrogens is 221 g/mol. The van der Waals surface area contributed by atoms with Crippen LogP contribution in [0, 0.1) is 0 Å². The van der Waals surface area contributed by atoms with E-state index < -0.39 is 26.4 Å². The number of alkyl halides is 7. The molecule has 0 aliphatic heterocycles. The lowest BCUT2D eigenvalue weighted by Crippen LogP contribution is -2.57. The van der Waals surface area contributed by atoms with Gasteiger partial charge in [0.25, 0.3) is 5.55 Å². The SMILES string of the molecule is C[SiH](C)C(F)(F)C(F)(F)C(F)(F)F. The van der Waals surface area contributed by atoms with Gasteiger partial charge in [-0.05, 0) is 0 Å². The van der Waals surface area contributed by atoms with E-state index in [1.807, 2.05) is 0 Å². The van der Waals surface area contributed by atoms with Crippen LogP contribution in [0.4, 0.5) is 30.7 Å². The van der Waals surface area contributed by atoms with Gasteiger partial charge in [-0.15, -0.1) is 0 Å². The molecule has 0 spiro atoms. The van der Waals surface area contributed by atoms with Gasteiger partial charge >= 0.3 is 12.1 Å². The van der Waals surface area contributed by atoms with E-state index in [0.29, 0.717) is 0 Å². The van der Waals surface area contributed by atoms with E-state index in [1.165, 1.54) is 0 Å². The van der Waals surface area contributed by atoms with Crippen molar-refractivity contribution in [3.8, 4) is 0 Å². The Hall–Kier alpha value is -0.273. The van der Waals surface area contributed by atoms with Crippen molar-refractivity contribution in [3.05, 3.63) is 0 Å². The molecule has 0 aliphatic carbocycles. The fraction of sp³-hybridized carbons (Fsp3) is 1.00. The Balaban J connectivity index is 5.04. The van der Waals surface area contributed by atoms with Gasteiger partial charge in [-0.3, -0.25) is 0 Å². The van der Waals surface area contributed by atoms with Crippen molar-refractivity contribution in [3.63, 3.8) is 0 Å². The molecule has 0 atom stereocenters. The Labute approximate surface area is 71.3 Å². The minimum Gasteiger partial charge on any atom is -0.205 e. The molecule has 0 nitrogen and oxygen atoms in total. The highest BCUT2D eigenvalue weighted by atomic mass is 28.3. The van der Waals surface area contributed by atoms with Crippen LogP contribution in [0.2, 0.25) is 13.1 Å². The summed E-state index contributed by atoms with van der Waals surface area (Å²) in [6.07, 6.45) is -6.19. The first-order chi connectivity index (χ1) is 5.44. The standard InChI is InChI=1S/C5H7F7Si/c1-13(2)5(11,12)3(6,7)4(8,9)10/h13H,1-2H3. The highest BCUT2D eigenvalue weighted by molar-refractivity contribution is 6.58. The summed E-state index contributed by atoms with van der Waals surface area (Å²) < 4.78 is 83.5. The molecular formula is C5H7F7Si. The molecule has 0 N–H and O–H groups in total. The average Bonchev–Trinajstić information content (AvgIpc) is 1.84. The minimum atomic E-state index is -6.19. The van der Waals surface area contributed by atoms with Crippen molar-refractivity contribution in [2.24, 2.45) is 0 Å². The van der Waals surface area contributed by atoms with Gasteiger partial charge in [0.05, 0.1) is 0 Å². The topological polar surface area (TPSA) is 0 Å². The lowest BCUT2D eigenvalue weighted by atomic mass is 10.3. The van der Waals surface area contributed by atoms with Crippen molar-refractivity contribution >= 4 is 8.80 Å². The smallest absolute Gasteiger partial charge is 0.205 e. The largest absolute Gasteiger partial charge is 0.459 e. The molecule has 0 radical (unpaired) electrons. The van der Waals surface area contributed by atoms with Crippen molar-refractivity contribution < 1.29 is 30.7 Å². The molecule has 0 aromatic heterocycles. The second-order valence-electron chi connectivity index (χ2n) is 2.85. The Morgan fingerprint density at radius 2 is 1.08 bits per heavy atom. The first-order valence-corrected chi connectivity index (χ1v) is 6.15. The lowest BCUT2D eigenvalue weighted by molar-refractivity contribution is -0.334. The van der Waals surface area contributed by atoms with Gasteiger partial charge in [0.1, 0.15) is 8.80 Å². The van der Waals surface area contributed by atoms with Gasteiger partial charge in [0.2, 0.25) is 0 Å². The highest BCUT2D eigenvalue weighted by Gasteiger charge is 2.73. The maximum Gasteiger partial charge on any atom is 0.459 e. The van der Waals surface area contributed by atoms with E-state index >= 15 is 0 Å². The Morgan fingerprint density at radius 3 is 1.15 bits per heavy atom. The molecule has 80 valence electrons. The van der Waals surface area contributed by atoms with Gasteiger partial charge < -0.3 is 0 Å². The third-order valence-electron chi connectivity index (χ3n) is 1.50. The van der Waals surface area contributed by atoms with Gasteiger partial charge in [0, 0.05) is 0 Å². The van der Waals surface area contributed by atoms with Crippen LogP contribution in [0.1, 0.15) is 0 Å². The second kappa shape index (κ2) is 3.14. The van der Waals surface area contributed by atoms with Crippen molar-refractivity contribution in [2.75, 3.05) is 0 Å². The van der Waals surface area contributed by atoms with E-state index in [2.05, 4.69) is 0 Å². The van der Waals surface area contributed by atoms with Crippen LogP contribution < -0.4 is 0 Å². The Morgan fingerprint density at radius 1 is 0.769 bits per heavy atom. The van der Waals surface area contributed by atoms with Crippen LogP contribution in [-0.4, -0.2) is 26.4 Å². The first-order valence-electron chi connectivity index (χ1n) is 3.27. The highest BCUT2D eigenvalue weighted by Crippen LogP contribution is 2.47. The summed E-state index contributed by atoms with van der Waals surface area (Å²) in [5.41, 5.74) is -4.94. The average molecular weight is 228 g/mol. The molecule has 0 amide bonds. The zero-order valence-electron chi connectivity index (χ0n) is 6.72. The number of halogens is 7. The monoisotopic (exact) mass is 228 g/mol. The summed E-state index contributed by atoms with van der Waals surface area (Å²) in [7, 11) is -3.41. The summed E-state index contributed by atoms with van der Waals surface area (Å²) in [5, 5.41) is 0. The maximum absolute atomic E-state index is 12.4. The molecule has 0 aliphatic rings. The molecule has 0 saturated heterocycles. The molecule has 0 fully saturated rings. The van der Waals surface area contributed by atoms with E-state index in [4.69, 9.17) is 0 Å². The van der Waals surface area contributed by atoms with Crippen LogP contribution in [-0.2, 0) is 0 Å². The number of rotatable bonds is 2. The molecule has 0 aromatic carbocycles. The summed E-state index contributed by atoms with van der Waals surface area (Å²) in [5.74, 6) is -5.92. The zero-order chi connectivity index (χ0) is 11.1. The Bertz CT molecular complexity index is 182. The predicted molar refractivity (Wildman–Crippen MR) is 34.8 cm³/mol. The Kier molecular flexibility index (Phi) is 3.07. The van der Waals surface area contributed by atoms with Gasteiger partial charge in [-0.1, -0.05) is 13.1 Å². The van der Waals surface area contributed by atoms with E-state index in [0.717, 1.165) is 13.1 Å². The van der Waals surface area contributed by atoms with Crippen LogP contribution in [0.15, 0.2) is 0 Å². The lowest BCUT2D eigenvalue weighted by Gasteiger charge is -2.30. The minimum absolute atomic E-state index is 0.736. The van der Waals surface area contributed by atoms with Crippen LogP contribution >= 0.6 is 0 Å². The maximum atomic E-state index is 12.4. The normalized spacial score (nSPS) is 15.2. The molecule has 0 unspecified atom stereocenters. The quantitative estimate of drug-likeness (QED) is 0.503. The van der Waals surface area contributed by atoms with E-state index in [1.54, 1.807) is 0 Å². The van der Waals surface area contributed by atoms with Crippen molar-refractivity contribution in [2.45, 2.75) is 30.7 Å². The number of hydrogen-bond acceptors (Lipinski definition) is 0. The van der Waals surface area contributed by atoms with Gasteiger partial charge in [-0.2, -0.15) is 22.0 Å². The van der Waals surface area contributed by atoms with Gasteiger partial charge in [0.15, 0.2) is 0 Å². The molecule has 13 heavy (non-hydrogen) atoms. The van der Waals surface area contributed by atoms with Crippen LogP contribution in [0.5, 0.6) is 0 Å². The molecule has 0 bridgehead atoms. The van der Waals surface area contributed by atoms with E-state index in [9.17, 15) is 30.7 Å². The van der Waals surface area contributed by atoms with Crippen LogP contribution in [0.25, 0.3) is 0 Å². The van der Waals surface area contributed by atoms with Crippen LogP contribution in [0.3, 0.4) is 0 Å². The fourth-order valence-corrected chi connectivity index (χ4v) is 1.44. The molecule has 0 rings (SSSR count). The first kappa shape index (κ1) is 12.7.